The van der Waals surface area contributed by atoms with E-state index in [9.17, 15) is 4.79 Å². The molecule has 0 radical (unpaired) electrons. The molecule has 0 amide bonds. The van der Waals surface area contributed by atoms with Crippen molar-refractivity contribution in [2.75, 3.05) is 7.11 Å². The van der Waals surface area contributed by atoms with Gasteiger partial charge >= 0.3 is 5.97 Å². The van der Waals surface area contributed by atoms with Gasteiger partial charge in [0.1, 0.15) is 5.82 Å². The van der Waals surface area contributed by atoms with Crippen LogP contribution in [-0.2, 0) is 11.3 Å². The minimum Gasteiger partial charge on any atom is -0.465 e. The van der Waals surface area contributed by atoms with E-state index in [0.717, 1.165) is 33.5 Å². The van der Waals surface area contributed by atoms with Gasteiger partial charge in [0.2, 0.25) is 0 Å². The van der Waals surface area contributed by atoms with E-state index in [1.165, 1.54) is 7.11 Å². The maximum atomic E-state index is 11.9. The molecule has 0 atom stereocenters. The summed E-state index contributed by atoms with van der Waals surface area (Å²) in [7, 11) is 1.36. The van der Waals surface area contributed by atoms with Crippen LogP contribution in [-0.4, -0.2) is 27.6 Å². The Hall–Kier alpha value is -2.89. The third-order valence-electron chi connectivity index (χ3n) is 5.06. The van der Waals surface area contributed by atoms with Gasteiger partial charge in [-0.15, -0.1) is 0 Å². The number of hydrogen-bond donors (Lipinski definition) is 0. The Morgan fingerprint density at radius 1 is 1.10 bits per heavy atom. The van der Waals surface area contributed by atoms with Gasteiger partial charge in [0.05, 0.1) is 35.9 Å². The fourth-order valence-corrected chi connectivity index (χ4v) is 3.98. The highest BCUT2D eigenvalue weighted by molar-refractivity contribution is 6.35. The zero-order valence-corrected chi connectivity index (χ0v) is 18.3. The third kappa shape index (κ3) is 3.78. The van der Waals surface area contributed by atoms with Crippen LogP contribution in [0.5, 0.6) is 0 Å². The number of esters is 1. The number of carbonyl (C=O) groups excluding carboxylic acids is 1. The van der Waals surface area contributed by atoms with Gasteiger partial charge in [0.25, 0.3) is 0 Å². The van der Waals surface area contributed by atoms with E-state index in [1.807, 2.05) is 38.1 Å². The molecular formula is C23H19Cl2N3O2. The molecule has 0 aliphatic rings. The first-order chi connectivity index (χ1) is 14.4. The fraction of sp³-hybridized carbons (Fsp3) is 0.174. The molecule has 0 aliphatic heterocycles. The monoisotopic (exact) mass is 439 g/mol. The standard InChI is InChI=1S/C23H19Cl2N3O2/c1-13-8-17(20-9-15(6-7-26-20)23(29)30-3)10-21-22(13)27-14(2)28(21)12-16-4-5-18(24)11-19(16)25/h4-11H,12H2,1-3H3. The Morgan fingerprint density at radius 3 is 2.63 bits per heavy atom. The molecule has 30 heavy (non-hydrogen) atoms. The molecule has 0 unspecified atom stereocenters. The van der Waals surface area contributed by atoms with E-state index in [2.05, 4.69) is 9.55 Å². The van der Waals surface area contributed by atoms with Crippen molar-refractivity contribution in [1.82, 2.24) is 14.5 Å². The van der Waals surface area contributed by atoms with Crippen molar-refractivity contribution >= 4 is 40.2 Å². The number of aryl methyl sites for hydroxylation is 2. The number of hydrogen-bond acceptors (Lipinski definition) is 4. The van der Waals surface area contributed by atoms with Crippen molar-refractivity contribution in [2.45, 2.75) is 20.4 Å². The van der Waals surface area contributed by atoms with Crippen LogP contribution in [0.1, 0.15) is 27.3 Å². The predicted octanol–water partition coefficient (Wildman–Crippen LogP) is 5.86. The molecule has 0 bridgehead atoms. The number of carbonyl (C=O) groups is 1. The molecule has 2 aromatic carbocycles. The summed E-state index contributed by atoms with van der Waals surface area (Å²) in [5.74, 6) is 0.488. The summed E-state index contributed by atoms with van der Waals surface area (Å²) < 4.78 is 6.94. The highest BCUT2D eigenvalue weighted by Gasteiger charge is 2.15. The SMILES string of the molecule is COC(=O)c1ccnc(-c2cc(C)c3nc(C)n(Cc4ccc(Cl)cc4Cl)c3c2)c1. The van der Waals surface area contributed by atoms with Crippen molar-refractivity contribution in [3.63, 3.8) is 0 Å². The maximum Gasteiger partial charge on any atom is 0.337 e. The predicted molar refractivity (Wildman–Crippen MR) is 119 cm³/mol. The lowest BCUT2D eigenvalue weighted by molar-refractivity contribution is 0.0600. The number of halogens is 2. The molecule has 4 rings (SSSR count). The van der Waals surface area contributed by atoms with Crippen LogP contribution in [0.25, 0.3) is 22.3 Å². The van der Waals surface area contributed by atoms with Crippen LogP contribution >= 0.6 is 23.2 Å². The summed E-state index contributed by atoms with van der Waals surface area (Å²) in [5.41, 5.74) is 5.92. The van der Waals surface area contributed by atoms with Crippen LogP contribution in [0.2, 0.25) is 10.0 Å². The van der Waals surface area contributed by atoms with Crippen LogP contribution in [0.4, 0.5) is 0 Å². The van der Waals surface area contributed by atoms with E-state index in [4.69, 9.17) is 32.9 Å². The number of imidazole rings is 1. The number of rotatable bonds is 4. The maximum absolute atomic E-state index is 11.9. The Bertz CT molecular complexity index is 1280. The van der Waals surface area contributed by atoms with Crippen molar-refractivity contribution in [1.29, 1.82) is 0 Å². The highest BCUT2D eigenvalue weighted by Crippen LogP contribution is 2.29. The summed E-state index contributed by atoms with van der Waals surface area (Å²) in [6, 6.07) is 12.9. The summed E-state index contributed by atoms with van der Waals surface area (Å²) >= 11 is 12.4. The quantitative estimate of drug-likeness (QED) is 0.373. The molecule has 152 valence electrons. The second-order valence-corrected chi connectivity index (χ2v) is 7.91. The normalized spacial score (nSPS) is 11.1. The van der Waals surface area contributed by atoms with Gasteiger partial charge in [0.15, 0.2) is 0 Å². The smallest absolute Gasteiger partial charge is 0.337 e. The van der Waals surface area contributed by atoms with Crippen molar-refractivity contribution in [3.05, 3.63) is 81.2 Å². The van der Waals surface area contributed by atoms with E-state index in [1.54, 1.807) is 24.4 Å². The number of methoxy groups -OCH3 is 1. The molecule has 0 spiro atoms. The van der Waals surface area contributed by atoms with Crippen molar-refractivity contribution < 1.29 is 9.53 Å². The minimum atomic E-state index is -0.394. The summed E-state index contributed by atoms with van der Waals surface area (Å²) in [5, 5.41) is 1.22. The molecule has 5 nitrogen and oxygen atoms in total. The lowest BCUT2D eigenvalue weighted by atomic mass is 10.0. The Morgan fingerprint density at radius 2 is 1.90 bits per heavy atom. The van der Waals surface area contributed by atoms with Crippen molar-refractivity contribution in [3.8, 4) is 11.3 Å². The lowest BCUT2D eigenvalue weighted by Gasteiger charge is -2.11. The Kier molecular flexibility index (Phi) is 5.50. The largest absolute Gasteiger partial charge is 0.465 e. The van der Waals surface area contributed by atoms with E-state index in [0.29, 0.717) is 27.8 Å². The van der Waals surface area contributed by atoms with Gasteiger partial charge in [-0.05, 0) is 61.4 Å². The van der Waals surface area contributed by atoms with Crippen LogP contribution in [0.15, 0.2) is 48.7 Å². The number of fused-ring (bicyclic) bond motifs is 1. The van der Waals surface area contributed by atoms with Crippen LogP contribution < -0.4 is 0 Å². The van der Waals surface area contributed by atoms with Crippen LogP contribution in [0, 0.1) is 13.8 Å². The first-order valence-corrected chi connectivity index (χ1v) is 10.1. The molecule has 2 aromatic heterocycles. The van der Waals surface area contributed by atoms with Gasteiger partial charge < -0.3 is 9.30 Å². The Labute approximate surface area is 184 Å². The minimum absolute atomic E-state index is 0.394. The first-order valence-electron chi connectivity index (χ1n) is 9.33. The molecule has 0 N–H and O–H groups in total. The fourth-order valence-electron chi connectivity index (χ4n) is 3.51. The van der Waals surface area contributed by atoms with Gasteiger partial charge in [-0.2, -0.15) is 0 Å². The average Bonchev–Trinajstić information content (AvgIpc) is 3.05. The van der Waals surface area contributed by atoms with Gasteiger partial charge in [-0.25, -0.2) is 9.78 Å². The molecule has 0 saturated carbocycles. The van der Waals surface area contributed by atoms with Crippen molar-refractivity contribution in [2.24, 2.45) is 0 Å². The summed E-state index contributed by atoms with van der Waals surface area (Å²) in [4.78, 5) is 21.1. The summed E-state index contributed by atoms with van der Waals surface area (Å²) in [6.45, 7) is 4.55. The van der Waals surface area contributed by atoms with Gasteiger partial charge in [-0.1, -0.05) is 29.3 Å². The molecule has 0 aliphatic carbocycles. The average molecular weight is 440 g/mol. The molecule has 4 aromatic rings. The molecule has 0 saturated heterocycles. The third-order valence-corrected chi connectivity index (χ3v) is 5.64. The lowest BCUT2D eigenvalue weighted by Crippen LogP contribution is -2.03. The molecular weight excluding hydrogens is 421 g/mol. The number of ether oxygens (including phenoxy) is 1. The van der Waals surface area contributed by atoms with Crippen LogP contribution in [0.3, 0.4) is 0 Å². The number of nitrogens with zero attached hydrogens (tertiary/aromatic N) is 3. The topological polar surface area (TPSA) is 57.0 Å². The molecule has 2 heterocycles. The van der Waals surface area contributed by atoms with Gasteiger partial charge in [-0.3, -0.25) is 4.98 Å². The van der Waals surface area contributed by atoms with E-state index < -0.39 is 5.97 Å². The second kappa shape index (κ2) is 8.09. The number of benzene rings is 2. The first kappa shape index (κ1) is 20.4. The summed E-state index contributed by atoms with van der Waals surface area (Å²) in [6.07, 6.45) is 1.61. The zero-order chi connectivity index (χ0) is 21.4. The van der Waals surface area contributed by atoms with Gasteiger partial charge in [0, 0.05) is 21.8 Å². The second-order valence-electron chi connectivity index (χ2n) is 7.06. The zero-order valence-electron chi connectivity index (χ0n) is 16.7. The molecule has 0 fully saturated rings. The molecule has 7 heteroatoms. The highest BCUT2D eigenvalue weighted by atomic mass is 35.5. The number of aromatic nitrogens is 3. The Balaban J connectivity index is 1.83. The van der Waals surface area contributed by atoms with E-state index >= 15 is 0 Å². The number of pyridine rings is 1. The van der Waals surface area contributed by atoms with E-state index in [-0.39, 0.29) is 0 Å².